The van der Waals surface area contributed by atoms with Gasteiger partial charge in [0.25, 0.3) is 5.69 Å². The molecule has 0 heterocycles. The molecule has 0 amide bonds. The molecule has 0 bridgehead atoms. The average Bonchev–Trinajstić information content (AvgIpc) is 2.08. The fourth-order valence-corrected chi connectivity index (χ4v) is 1.50. The highest BCUT2D eigenvalue weighted by atomic mass is 79.9. The normalized spacial score (nSPS) is 10.0. The lowest BCUT2D eigenvalue weighted by atomic mass is 10.2. The zero-order chi connectivity index (χ0) is 9.84. The van der Waals surface area contributed by atoms with Gasteiger partial charge in [-0.3, -0.25) is 10.1 Å². The molecule has 0 aromatic heterocycles. The van der Waals surface area contributed by atoms with Gasteiger partial charge in [0.1, 0.15) is 4.47 Å². The number of halogens is 1. The lowest BCUT2D eigenvalue weighted by Crippen LogP contribution is -1.94. The maximum atomic E-state index is 10.5. The zero-order valence-corrected chi connectivity index (χ0v) is 8.58. The van der Waals surface area contributed by atoms with Gasteiger partial charge in [-0.15, -0.1) is 0 Å². The van der Waals surface area contributed by atoms with E-state index in [2.05, 4.69) is 15.9 Å². The third-order valence-electron chi connectivity index (χ3n) is 1.55. The quantitative estimate of drug-likeness (QED) is 0.608. The minimum absolute atomic E-state index is 0.0644. The van der Waals surface area contributed by atoms with E-state index >= 15 is 0 Å². The Morgan fingerprint density at radius 1 is 1.62 bits per heavy atom. The van der Waals surface area contributed by atoms with E-state index < -0.39 is 4.92 Å². The van der Waals surface area contributed by atoms with E-state index in [-0.39, 0.29) is 5.69 Å². The highest BCUT2D eigenvalue weighted by Gasteiger charge is 2.13. The highest BCUT2D eigenvalue weighted by Crippen LogP contribution is 2.28. The molecule has 0 spiro atoms. The van der Waals surface area contributed by atoms with Crippen molar-refractivity contribution >= 4 is 21.6 Å². The van der Waals surface area contributed by atoms with Crippen molar-refractivity contribution in [3.05, 3.63) is 38.3 Å². The number of ether oxygens (including phenoxy) is 1. The third kappa shape index (κ3) is 2.26. The minimum atomic E-state index is -0.427. The molecular weight excluding hydrogens is 238 g/mol. The van der Waals surface area contributed by atoms with Crippen LogP contribution in [0.2, 0.25) is 0 Å². The molecule has 0 radical (unpaired) electrons. The fourth-order valence-electron chi connectivity index (χ4n) is 0.974. The van der Waals surface area contributed by atoms with Crippen molar-refractivity contribution in [3.63, 3.8) is 0 Å². The lowest BCUT2D eigenvalue weighted by Gasteiger charge is -2.02. The van der Waals surface area contributed by atoms with Crippen LogP contribution in [0.15, 0.2) is 22.7 Å². The topological polar surface area (TPSA) is 52.4 Å². The van der Waals surface area contributed by atoms with Gasteiger partial charge in [0.05, 0.1) is 11.5 Å². The summed E-state index contributed by atoms with van der Waals surface area (Å²) in [4.78, 5) is 10.1. The van der Waals surface area contributed by atoms with Crippen molar-refractivity contribution in [1.29, 1.82) is 0 Å². The Hall–Kier alpha value is -0.940. The molecular formula is C8H8BrNO3. The molecule has 1 aromatic rings. The van der Waals surface area contributed by atoms with Crippen LogP contribution in [0.1, 0.15) is 5.56 Å². The largest absolute Gasteiger partial charge is 0.380 e. The summed E-state index contributed by atoms with van der Waals surface area (Å²) >= 11 is 3.16. The number of methoxy groups -OCH3 is 1. The molecule has 0 saturated heterocycles. The Kier molecular flexibility index (Phi) is 3.39. The number of hydrogen-bond donors (Lipinski definition) is 0. The van der Waals surface area contributed by atoms with Gasteiger partial charge in [0.15, 0.2) is 0 Å². The van der Waals surface area contributed by atoms with Gasteiger partial charge in [-0.05, 0) is 21.5 Å². The second kappa shape index (κ2) is 4.34. The molecule has 4 nitrogen and oxygen atoms in total. The second-order valence-corrected chi connectivity index (χ2v) is 3.23. The monoisotopic (exact) mass is 245 g/mol. The summed E-state index contributed by atoms with van der Waals surface area (Å²) in [5.41, 5.74) is 0.839. The highest BCUT2D eigenvalue weighted by molar-refractivity contribution is 9.10. The molecule has 1 aromatic carbocycles. The molecule has 5 heteroatoms. The van der Waals surface area contributed by atoms with E-state index in [0.717, 1.165) is 5.56 Å². The van der Waals surface area contributed by atoms with Crippen LogP contribution in [0.25, 0.3) is 0 Å². The Morgan fingerprint density at radius 2 is 2.31 bits per heavy atom. The van der Waals surface area contributed by atoms with Gasteiger partial charge in [-0.2, -0.15) is 0 Å². The smallest absolute Gasteiger partial charge is 0.283 e. The van der Waals surface area contributed by atoms with Crippen LogP contribution in [0.5, 0.6) is 0 Å². The summed E-state index contributed by atoms with van der Waals surface area (Å²) < 4.78 is 5.38. The molecule has 0 aliphatic rings. The van der Waals surface area contributed by atoms with Gasteiger partial charge >= 0.3 is 0 Å². The van der Waals surface area contributed by atoms with Gasteiger partial charge in [0.2, 0.25) is 0 Å². The first kappa shape index (κ1) is 10.1. The second-order valence-electron chi connectivity index (χ2n) is 2.44. The number of rotatable bonds is 3. The maximum Gasteiger partial charge on any atom is 0.283 e. The van der Waals surface area contributed by atoms with E-state index in [1.165, 1.54) is 6.07 Å². The standard InChI is InChI=1S/C8H8BrNO3/c1-13-5-6-3-2-4-7(8(6)9)10(11)12/h2-4H,5H2,1H3. The van der Waals surface area contributed by atoms with Crippen molar-refractivity contribution in [2.45, 2.75) is 6.61 Å². The SMILES string of the molecule is COCc1cccc([N+](=O)[O-])c1Br. The predicted molar refractivity (Wildman–Crippen MR) is 51.5 cm³/mol. The molecule has 0 atom stereocenters. The van der Waals surface area contributed by atoms with Crippen LogP contribution in [0, 0.1) is 10.1 Å². The Morgan fingerprint density at radius 3 is 2.85 bits per heavy atom. The summed E-state index contributed by atoms with van der Waals surface area (Å²) in [5.74, 6) is 0. The Bertz CT molecular complexity index is 327. The number of benzene rings is 1. The maximum absolute atomic E-state index is 10.5. The molecule has 0 aliphatic heterocycles. The van der Waals surface area contributed by atoms with E-state index in [0.29, 0.717) is 11.1 Å². The van der Waals surface area contributed by atoms with Gasteiger partial charge in [0, 0.05) is 13.2 Å². The molecule has 0 saturated carbocycles. The van der Waals surface area contributed by atoms with Crippen molar-refractivity contribution in [3.8, 4) is 0 Å². The summed E-state index contributed by atoms with van der Waals surface area (Å²) in [6.45, 7) is 0.363. The summed E-state index contributed by atoms with van der Waals surface area (Å²) in [5, 5.41) is 10.5. The predicted octanol–water partition coefficient (Wildman–Crippen LogP) is 2.50. The molecule has 0 aliphatic carbocycles. The van der Waals surface area contributed by atoms with Crippen molar-refractivity contribution in [1.82, 2.24) is 0 Å². The van der Waals surface area contributed by atoms with Crippen LogP contribution in [-0.4, -0.2) is 12.0 Å². The van der Waals surface area contributed by atoms with Crippen molar-refractivity contribution in [2.24, 2.45) is 0 Å². The van der Waals surface area contributed by atoms with E-state index in [4.69, 9.17) is 4.74 Å². The molecule has 13 heavy (non-hydrogen) atoms. The van der Waals surface area contributed by atoms with E-state index in [1.54, 1.807) is 19.2 Å². The van der Waals surface area contributed by atoms with Gasteiger partial charge in [-0.25, -0.2) is 0 Å². The molecule has 1 rings (SSSR count). The molecule has 0 unspecified atom stereocenters. The summed E-state index contributed by atoms with van der Waals surface area (Å²) in [7, 11) is 1.55. The number of nitro groups is 1. The van der Waals surface area contributed by atoms with Crippen LogP contribution in [0.4, 0.5) is 5.69 Å². The first-order valence-corrected chi connectivity index (χ1v) is 4.37. The Labute approximate surface area is 83.8 Å². The summed E-state index contributed by atoms with van der Waals surface area (Å²) in [6, 6.07) is 4.86. The number of hydrogen-bond acceptors (Lipinski definition) is 3. The van der Waals surface area contributed by atoms with Crippen LogP contribution in [-0.2, 0) is 11.3 Å². The van der Waals surface area contributed by atoms with E-state index in [9.17, 15) is 10.1 Å². The van der Waals surface area contributed by atoms with Gasteiger partial charge < -0.3 is 4.74 Å². The molecule has 0 N–H and O–H groups in total. The lowest BCUT2D eigenvalue weighted by molar-refractivity contribution is -0.385. The van der Waals surface area contributed by atoms with Crippen molar-refractivity contribution in [2.75, 3.05) is 7.11 Å². The first-order chi connectivity index (χ1) is 6.16. The average molecular weight is 246 g/mol. The first-order valence-electron chi connectivity index (χ1n) is 3.57. The molecule has 70 valence electrons. The fraction of sp³-hybridized carbons (Fsp3) is 0.250. The minimum Gasteiger partial charge on any atom is -0.380 e. The third-order valence-corrected chi connectivity index (χ3v) is 2.47. The zero-order valence-electron chi connectivity index (χ0n) is 6.99. The van der Waals surface area contributed by atoms with Crippen LogP contribution < -0.4 is 0 Å². The number of nitrogens with zero attached hydrogens (tertiary/aromatic N) is 1. The molecule has 0 fully saturated rings. The van der Waals surface area contributed by atoms with Crippen molar-refractivity contribution < 1.29 is 9.66 Å². The van der Waals surface area contributed by atoms with E-state index in [1.807, 2.05) is 0 Å². The van der Waals surface area contributed by atoms with Gasteiger partial charge in [-0.1, -0.05) is 12.1 Å². The number of nitro benzene ring substituents is 1. The Balaban J connectivity index is 3.10. The van der Waals surface area contributed by atoms with Crippen LogP contribution in [0.3, 0.4) is 0 Å². The summed E-state index contributed by atoms with van der Waals surface area (Å²) in [6.07, 6.45) is 0. The van der Waals surface area contributed by atoms with Crippen LogP contribution >= 0.6 is 15.9 Å².